The molecule has 100 valence electrons. The van der Waals surface area contributed by atoms with Gasteiger partial charge in [-0.2, -0.15) is 0 Å². The Morgan fingerprint density at radius 2 is 2.11 bits per heavy atom. The molecule has 1 rings (SSSR count). The maximum atomic E-state index is 11.1. The third kappa shape index (κ3) is 3.45. The molecule has 1 amide bonds. The molecule has 8 nitrogen and oxygen atoms in total. The van der Waals surface area contributed by atoms with Crippen LogP contribution in [-0.2, 0) is 9.59 Å². The molecule has 0 radical (unpaired) electrons. The first-order chi connectivity index (χ1) is 8.31. The van der Waals surface area contributed by atoms with Gasteiger partial charge < -0.3 is 27.6 Å². The molecule has 0 heterocycles. The number of guanidine groups is 1. The number of nitrogens with zero attached hydrogens (tertiary/aromatic N) is 1. The number of carbonyl (C=O) groups is 2. The lowest BCUT2D eigenvalue weighted by Gasteiger charge is -2.32. The molecule has 0 aromatic carbocycles. The Morgan fingerprint density at radius 3 is 2.56 bits per heavy atom. The summed E-state index contributed by atoms with van der Waals surface area (Å²) in [7, 11) is 0. The van der Waals surface area contributed by atoms with E-state index in [2.05, 4.69) is 10.3 Å². The number of carboxylic acid groups (broad SMARTS) is 1. The van der Waals surface area contributed by atoms with E-state index < -0.39 is 24.1 Å². The summed E-state index contributed by atoms with van der Waals surface area (Å²) < 4.78 is 0. The first kappa shape index (κ1) is 14.0. The van der Waals surface area contributed by atoms with E-state index in [1.54, 1.807) is 0 Å². The second-order valence-corrected chi connectivity index (χ2v) is 4.13. The van der Waals surface area contributed by atoms with Crippen LogP contribution in [-0.4, -0.2) is 41.1 Å². The number of carboxylic acids is 1. The van der Waals surface area contributed by atoms with Gasteiger partial charge in [-0.15, -0.1) is 0 Å². The number of rotatable bonds is 3. The number of amides is 1. The quantitative estimate of drug-likeness (QED) is 0.286. The monoisotopic (exact) mass is 255 g/mol. The smallest absolute Gasteiger partial charge is 0.331 e. The highest BCUT2D eigenvalue weighted by atomic mass is 16.4. The van der Waals surface area contributed by atoms with Crippen molar-refractivity contribution >= 4 is 17.8 Å². The van der Waals surface area contributed by atoms with E-state index >= 15 is 0 Å². The number of hydrogen-bond donors (Lipinski definition) is 5. The van der Waals surface area contributed by atoms with E-state index in [0.29, 0.717) is 0 Å². The van der Waals surface area contributed by atoms with E-state index in [1.807, 2.05) is 0 Å². The number of hydrogen-bond acceptors (Lipinski definition) is 4. The minimum absolute atomic E-state index is 0.117. The fraction of sp³-hybridized carbons (Fsp3) is 0.500. The molecule has 8 N–H and O–H groups in total. The first-order valence-corrected chi connectivity index (χ1v) is 5.36. The minimum atomic E-state index is -1.07. The Bertz CT molecular complexity index is 414. The lowest BCUT2D eigenvalue weighted by Crippen LogP contribution is -2.55. The van der Waals surface area contributed by atoms with E-state index in [4.69, 9.17) is 22.3 Å². The molecule has 0 saturated heterocycles. The Balaban J connectivity index is 3.02. The lowest BCUT2D eigenvalue weighted by atomic mass is 9.87. The number of aliphatic carboxylic acids is 1. The predicted molar refractivity (Wildman–Crippen MR) is 65.5 cm³/mol. The van der Waals surface area contributed by atoms with Gasteiger partial charge in [0.2, 0.25) is 5.91 Å². The molecule has 0 unspecified atom stereocenters. The summed E-state index contributed by atoms with van der Waals surface area (Å²) in [5.74, 6) is -1.52. The third-order valence-electron chi connectivity index (χ3n) is 2.61. The Labute approximate surface area is 104 Å². The number of nitrogens with one attached hydrogen (secondary N) is 1. The van der Waals surface area contributed by atoms with Crippen molar-refractivity contribution in [3.8, 4) is 0 Å². The number of nitrogens with two attached hydrogens (primary N) is 3. The van der Waals surface area contributed by atoms with Gasteiger partial charge in [-0.05, 0) is 0 Å². The zero-order valence-electron chi connectivity index (χ0n) is 9.96. The summed E-state index contributed by atoms with van der Waals surface area (Å²) in [5, 5.41) is 11.6. The van der Waals surface area contributed by atoms with Crippen LogP contribution in [0.2, 0.25) is 0 Å². The van der Waals surface area contributed by atoms with Crippen LogP contribution in [0.1, 0.15) is 13.3 Å². The highest BCUT2D eigenvalue weighted by molar-refractivity contribution is 5.87. The van der Waals surface area contributed by atoms with E-state index in [-0.39, 0.29) is 23.9 Å². The predicted octanol–water partition coefficient (Wildman–Crippen LogP) is -2.12. The van der Waals surface area contributed by atoms with Crippen LogP contribution in [0.25, 0.3) is 0 Å². The summed E-state index contributed by atoms with van der Waals surface area (Å²) in [4.78, 5) is 26.0. The normalized spacial score (nSPS) is 27.0. The largest absolute Gasteiger partial charge is 0.478 e. The molecule has 8 heteroatoms. The zero-order valence-corrected chi connectivity index (χ0v) is 9.96. The van der Waals surface area contributed by atoms with Crippen molar-refractivity contribution in [3.63, 3.8) is 0 Å². The van der Waals surface area contributed by atoms with Crippen LogP contribution < -0.4 is 22.5 Å². The lowest BCUT2D eigenvalue weighted by molar-refractivity contribution is -0.133. The van der Waals surface area contributed by atoms with Crippen molar-refractivity contribution in [2.75, 3.05) is 0 Å². The third-order valence-corrected chi connectivity index (χ3v) is 2.61. The van der Waals surface area contributed by atoms with E-state index in [9.17, 15) is 9.59 Å². The molecule has 0 aromatic rings. The molecule has 0 spiro atoms. The van der Waals surface area contributed by atoms with Crippen LogP contribution >= 0.6 is 0 Å². The molecule has 0 aromatic heterocycles. The number of carbonyl (C=O) groups excluding carboxylic acids is 1. The van der Waals surface area contributed by atoms with Gasteiger partial charge in [0.25, 0.3) is 0 Å². The van der Waals surface area contributed by atoms with Crippen molar-refractivity contribution in [1.29, 1.82) is 0 Å². The van der Waals surface area contributed by atoms with E-state index in [0.717, 1.165) is 0 Å². The average molecular weight is 255 g/mol. The molecular weight excluding hydrogens is 238 g/mol. The minimum Gasteiger partial charge on any atom is -0.478 e. The molecule has 0 saturated carbocycles. The second kappa shape index (κ2) is 5.50. The van der Waals surface area contributed by atoms with Gasteiger partial charge in [-0.3, -0.25) is 4.79 Å². The van der Waals surface area contributed by atoms with Crippen molar-refractivity contribution in [2.45, 2.75) is 31.5 Å². The van der Waals surface area contributed by atoms with Gasteiger partial charge in [0.1, 0.15) is 0 Å². The van der Waals surface area contributed by atoms with Crippen LogP contribution in [0.4, 0.5) is 0 Å². The fourth-order valence-corrected chi connectivity index (χ4v) is 1.92. The van der Waals surface area contributed by atoms with Gasteiger partial charge in [0.05, 0.1) is 12.1 Å². The van der Waals surface area contributed by atoms with E-state index in [1.165, 1.54) is 13.0 Å². The molecule has 1 aliphatic carbocycles. The van der Waals surface area contributed by atoms with Crippen LogP contribution in [0, 0.1) is 0 Å². The maximum absolute atomic E-state index is 11.1. The Kier molecular flexibility index (Phi) is 4.27. The molecular formula is C10H17N5O3. The van der Waals surface area contributed by atoms with Crippen LogP contribution in [0.3, 0.4) is 0 Å². The SMILES string of the molecule is CC(=O)N[C@H]1[C@H](N)C=C(C(=O)O)C[C@@H]1N=C(N)N. The summed E-state index contributed by atoms with van der Waals surface area (Å²) in [6.07, 6.45) is 1.52. The van der Waals surface area contributed by atoms with Crippen LogP contribution in [0.15, 0.2) is 16.6 Å². The van der Waals surface area contributed by atoms with Gasteiger partial charge in [-0.1, -0.05) is 6.08 Å². The average Bonchev–Trinajstić information content (AvgIpc) is 2.21. The van der Waals surface area contributed by atoms with Crippen molar-refractivity contribution < 1.29 is 14.7 Å². The first-order valence-electron chi connectivity index (χ1n) is 5.36. The highest BCUT2D eigenvalue weighted by Gasteiger charge is 2.34. The van der Waals surface area contributed by atoms with Gasteiger partial charge in [0.15, 0.2) is 5.96 Å². The molecule has 1 aliphatic rings. The summed E-state index contributed by atoms with van der Waals surface area (Å²) in [5.41, 5.74) is 16.5. The van der Waals surface area contributed by atoms with Crippen molar-refractivity contribution in [3.05, 3.63) is 11.6 Å². The Morgan fingerprint density at radius 1 is 1.50 bits per heavy atom. The van der Waals surface area contributed by atoms with Crippen molar-refractivity contribution in [1.82, 2.24) is 5.32 Å². The van der Waals surface area contributed by atoms with Crippen molar-refractivity contribution in [2.24, 2.45) is 22.2 Å². The molecule has 0 aliphatic heterocycles. The second-order valence-electron chi connectivity index (χ2n) is 4.13. The number of aliphatic imine (C=N–C) groups is 1. The standard InChI is InChI=1S/C10H17N5O3/c1-4(16)14-8-6(11)2-5(9(17)18)3-7(8)15-10(12)13/h2,6-8H,3,11H2,1H3,(H,14,16)(H,17,18)(H4,12,13,15)/t6-,7+,8+/m1/s1. The zero-order chi connectivity index (χ0) is 13.9. The van der Waals surface area contributed by atoms with Gasteiger partial charge in [0, 0.05) is 25.0 Å². The molecule has 0 fully saturated rings. The fourth-order valence-electron chi connectivity index (χ4n) is 1.92. The van der Waals surface area contributed by atoms with Crippen LogP contribution in [0.5, 0.6) is 0 Å². The summed E-state index contributed by atoms with van der Waals surface area (Å²) >= 11 is 0. The Hall–Kier alpha value is -2.09. The summed E-state index contributed by atoms with van der Waals surface area (Å²) in [6.45, 7) is 1.34. The molecule has 0 bridgehead atoms. The molecule has 18 heavy (non-hydrogen) atoms. The summed E-state index contributed by atoms with van der Waals surface area (Å²) in [6, 6.07) is -1.75. The van der Waals surface area contributed by atoms with Gasteiger partial charge in [-0.25, -0.2) is 9.79 Å². The molecule has 3 atom stereocenters. The van der Waals surface area contributed by atoms with Gasteiger partial charge >= 0.3 is 5.97 Å². The topological polar surface area (TPSA) is 157 Å². The highest BCUT2D eigenvalue weighted by Crippen LogP contribution is 2.21. The maximum Gasteiger partial charge on any atom is 0.331 e.